The fraction of sp³-hybridized carbons (Fsp3) is 0.360. The van der Waals surface area contributed by atoms with Crippen molar-refractivity contribution in [1.29, 1.82) is 0 Å². The lowest BCUT2D eigenvalue weighted by Crippen LogP contribution is -2.37. The summed E-state index contributed by atoms with van der Waals surface area (Å²) < 4.78 is 7.17. The van der Waals surface area contributed by atoms with Gasteiger partial charge in [0.2, 0.25) is 11.8 Å². The van der Waals surface area contributed by atoms with Gasteiger partial charge in [0.05, 0.1) is 11.2 Å². The Labute approximate surface area is 202 Å². The summed E-state index contributed by atoms with van der Waals surface area (Å²) in [4.78, 5) is 28.9. The van der Waals surface area contributed by atoms with Crippen molar-refractivity contribution in [3.8, 4) is 11.8 Å². The number of hydrogen-bond donors (Lipinski definition) is 2. The zero-order valence-electron chi connectivity index (χ0n) is 20.0. The number of pyridine rings is 1. The highest BCUT2D eigenvalue weighted by atomic mass is 32.1. The van der Waals surface area contributed by atoms with Gasteiger partial charge in [0.15, 0.2) is 0 Å². The lowest BCUT2D eigenvalue weighted by Gasteiger charge is -2.31. The van der Waals surface area contributed by atoms with E-state index in [1.165, 1.54) is 17.7 Å². The number of rotatable bonds is 4. The first-order valence-electron chi connectivity index (χ1n) is 11.3. The fourth-order valence-electron chi connectivity index (χ4n) is 3.90. The summed E-state index contributed by atoms with van der Waals surface area (Å²) in [7, 11) is 2.06. The number of anilines is 1. The van der Waals surface area contributed by atoms with Crippen LogP contribution in [0.3, 0.4) is 0 Å². The molecule has 0 saturated heterocycles. The monoisotopic (exact) mass is 476 g/mol. The first kappa shape index (κ1) is 22.5. The number of nitrogens with one attached hydrogen (secondary N) is 2. The van der Waals surface area contributed by atoms with Crippen LogP contribution in [0.25, 0.3) is 21.0 Å². The lowest BCUT2D eigenvalue weighted by molar-refractivity contribution is 0.0949. The Morgan fingerprint density at radius 2 is 2.06 bits per heavy atom. The Balaban J connectivity index is 1.51. The van der Waals surface area contributed by atoms with Crippen molar-refractivity contribution >= 4 is 43.9 Å². The second-order valence-corrected chi connectivity index (χ2v) is 10.8. The molecule has 3 aromatic heterocycles. The van der Waals surface area contributed by atoms with Gasteiger partial charge in [-0.25, -0.2) is 15.0 Å². The highest BCUT2D eigenvalue weighted by molar-refractivity contribution is 7.21. The van der Waals surface area contributed by atoms with Crippen LogP contribution in [0.5, 0.6) is 11.8 Å². The number of benzene rings is 1. The molecule has 2 N–H and O–H groups in total. The van der Waals surface area contributed by atoms with Gasteiger partial charge in [-0.15, -0.1) is 11.3 Å². The van der Waals surface area contributed by atoms with E-state index >= 15 is 0 Å². The molecule has 0 unspecified atom stereocenters. The first-order valence-corrected chi connectivity index (χ1v) is 12.1. The molecule has 34 heavy (non-hydrogen) atoms. The second-order valence-electron chi connectivity index (χ2n) is 9.70. The van der Waals surface area contributed by atoms with Crippen LogP contribution in [0.15, 0.2) is 36.8 Å². The molecule has 1 aromatic carbocycles. The number of aromatic nitrogens is 3. The standard InChI is InChI=1S/C25H28N6O2S/c1-14-10-27-21-20-16-6-9-19(30-17(16)7-8-18(20)34-22(21)23(32)29-14)33-24-15(11-26-13-28-24)12-31(5)25(2,3)4/h6-9,11,13-14,27H,10,12H2,1-5H3,(H,29,32)/t14-/m1/s1. The maximum atomic E-state index is 12.7. The molecule has 1 aliphatic heterocycles. The second kappa shape index (κ2) is 8.48. The van der Waals surface area contributed by atoms with Crippen LogP contribution >= 0.6 is 11.3 Å². The molecular weight excluding hydrogens is 448 g/mol. The molecule has 0 spiro atoms. The average molecular weight is 477 g/mol. The van der Waals surface area contributed by atoms with Crippen molar-refractivity contribution in [2.75, 3.05) is 18.9 Å². The predicted molar refractivity (Wildman–Crippen MR) is 136 cm³/mol. The summed E-state index contributed by atoms with van der Waals surface area (Å²) in [6.07, 6.45) is 3.27. The Morgan fingerprint density at radius 1 is 1.24 bits per heavy atom. The maximum absolute atomic E-state index is 12.7. The summed E-state index contributed by atoms with van der Waals surface area (Å²) in [5, 5.41) is 8.49. The SMILES string of the molecule is C[C@@H]1CNc2c(sc3ccc4nc(Oc5ncncc5CN(C)C(C)(C)C)ccc4c23)C(=O)N1. The van der Waals surface area contributed by atoms with Crippen LogP contribution < -0.4 is 15.4 Å². The van der Waals surface area contributed by atoms with Crippen molar-refractivity contribution in [1.82, 2.24) is 25.2 Å². The number of amides is 1. The molecular formula is C25H28N6O2S. The molecule has 0 bridgehead atoms. The maximum Gasteiger partial charge on any atom is 0.263 e. The quantitative estimate of drug-likeness (QED) is 0.437. The number of nitrogens with zero attached hydrogens (tertiary/aromatic N) is 4. The summed E-state index contributed by atoms with van der Waals surface area (Å²) in [5.41, 5.74) is 2.57. The van der Waals surface area contributed by atoms with Crippen molar-refractivity contribution in [2.45, 2.75) is 45.8 Å². The lowest BCUT2D eigenvalue weighted by atomic mass is 10.1. The Kier molecular flexibility index (Phi) is 5.61. The van der Waals surface area contributed by atoms with E-state index in [1.54, 1.807) is 6.20 Å². The molecule has 0 aliphatic carbocycles. The van der Waals surface area contributed by atoms with E-state index in [1.807, 2.05) is 31.2 Å². The third-order valence-electron chi connectivity index (χ3n) is 6.17. The molecule has 9 heteroatoms. The Hall–Kier alpha value is -3.30. The normalized spacial score (nSPS) is 16.3. The molecule has 4 heterocycles. The molecule has 4 aromatic rings. The molecule has 0 fully saturated rings. The number of carbonyl (C=O) groups excluding carboxylic acids is 1. The van der Waals surface area contributed by atoms with E-state index in [4.69, 9.17) is 9.72 Å². The van der Waals surface area contributed by atoms with E-state index in [0.29, 0.717) is 29.7 Å². The molecule has 176 valence electrons. The van der Waals surface area contributed by atoms with Crippen LogP contribution in [-0.4, -0.2) is 50.9 Å². The van der Waals surface area contributed by atoms with Gasteiger partial charge in [0.25, 0.3) is 5.91 Å². The van der Waals surface area contributed by atoms with Crippen LogP contribution in [0, 0.1) is 0 Å². The molecule has 0 radical (unpaired) electrons. The fourth-order valence-corrected chi connectivity index (χ4v) is 5.00. The minimum absolute atomic E-state index is 0.000961. The van der Waals surface area contributed by atoms with Crippen LogP contribution in [0.1, 0.15) is 42.9 Å². The van der Waals surface area contributed by atoms with Crippen LogP contribution in [0.2, 0.25) is 0 Å². The average Bonchev–Trinajstić information content (AvgIpc) is 3.11. The summed E-state index contributed by atoms with van der Waals surface area (Å²) in [5.74, 6) is 0.924. The first-order chi connectivity index (χ1) is 16.2. The molecule has 0 saturated carbocycles. The summed E-state index contributed by atoms with van der Waals surface area (Å²) >= 11 is 1.50. The summed E-state index contributed by atoms with van der Waals surface area (Å²) in [6, 6.07) is 7.90. The van der Waals surface area contributed by atoms with Crippen molar-refractivity contribution in [3.63, 3.8) is 0 Å². The molecule has 5 rings (SSSR count). The minimum atomic E-state index is -0.0359. The van der Waals surface area contributed by atoms with Gasteiger partial charge in [-0.1, -0.05) is 0 Å². The molecule has 1 atom stereocenters. The van der Waals surface area contributed by atoms with Gasteiger partial charge in [0.1, 0.15) is 11.2 Å². The van der Waals surface area contributed by atoms with Gasteiger partial charge in [0, 0.05) is 58.0 Å². The van der Waals surface area contributed by atoms with Gasteiger partial charge < -0.3 is 15.4 Å². The van der Waals surface area contributed by atoms with Crippen molar-refractivity contribution in [2.24, 2.45) is 0 Å². The summed E-state index contributed by atoms with van der Waals surface area (Å²) in [6.45, 7) is 9.80. The number of ether oxygens (including phenoxy) is 1. The Morgan fingerprint density at radius 3 is 2.85 bits per heavy atom. The van der Waals surface area contributed by atoms with Crippen molar-refractivity contribution < 1.29 is 9.53 Å². The third kappa shape index (κ3) is 4.17. The van der Waals surface area contributed by atoms with E-state index in [9.17, 15) is 4.79 Å². The largest absolute Gasteiger partial charge is 0.420 e. The molecule has 1 aliphatic rings. The van der Waals surface area contributed by atoms with Gasteiger partial charge >= 0.3 is 0 Å². The van der Waals surface area contributed by atoms with Crippen LogP contribution in [0.4, 0.5) is 5.69 Å². The van der Waals surface area contributed by atoms with Gasteiger partial charge in [-0.05, 0) is 52.9 Å². The predicted octanol–water partition coefficient (Wildman–Crippen LogP) is 4.81. The Bertz CT molecular complexity index is 1390. The van der Waals surface area contributed by atoms with Crippen LogP contribution in [-0.2, 0) is 6.54 Å². The van der Waals surface area contributed by atoms with E-state index in [-0.39, 0.29) is 17.5 Å². The smallest absolute Gasteiger partial charge is 0.263 e. The topological polar surface area (TPSA) is 92.3 Å². The number of thiophene rings is 1. The highest BCUT2D eigenvalue weighted by Gasteiger charge is 2.25. The number of fused-ring (bicyclic) bond motifs is 5. The van der Waals surface area contributed by atoms with Gasteiger partial charge in [-0.2, -0.15) is 0 Å². The third-order valence-corrected chi connectivity index (χ3v) is 7.32. The molecule has 8 nitrogen and oxygen atoms in total. The van der Waals surface area contributed by atoms with E-state index < -0.39 is 0 Å². The number of carbonyl (C=O) groups is 1. The zero-order valence-corrected chi connectivity index (χ0v) is 20.8. The van der Waals surface area contributed by atoms with Crippen molar-refractivity contribution in [3.05, 3.63) is 47.2 Å². The highest BCUT2D eigenvalue weighted by Crippen LogP contribution is 2.41. The van der Waals surface area contributed by atoms with E-state index in [0.717, 1.165) is 32.2 Å². The number of hydrogen-bond acceptors (Lipinski definition) is 8. The zero-order chi connectivity index (χ0) is 24.0. The molecule has 1 amide bonds. The minimum Gasteiger partial charge on any atom is -0.420 e. The van der Waals surface area contributed by atoms with E-state index in [2.05, 4.69) is 53.3 Å². The van der Waals surface area contributed by atoms with Gasteiger partial charge in [-0.3, -0.25) is 9.69 Å².